The second-order valence-corrected chi connectivity index (χ2v) is 5.52. The summed E-state index contributed by atoms with van der Waals surface area (Å²) in [7, 11) is 0.146. The van der Waals surface area contributed by atoms with Gasteiger partial charge in [-0.1, -0.05) is 18.2 Å². The molecular formula is C10H16BP. The van der Waals surface area contributed by atoms with Crippen LogP contribution < -0.4 is 5.30 Å². The summed E-state index contributed by atoms with van der Waals surface area (Å²) < 4.78 is 0. The molecule has 0 N–H and O–H groups in total. The second kappa shape index (κ2) is 3.22. The monoisotopic (exact) mass is 178 g/mol. The SMILES string of the molecule is [BH3-][P+]1(c2ccccc2)CCCC1. The van der Waals surface area contributed by atoms with Gasteiger partial charge in [-0.3, -0.25) is 0 Å². The average Bonchev–Trinajstić information content (AvgIpc) is 2.55. The van der Waals surface area contributed by atoms with E-state index in [0.717, 1.165) is 0 Å². The van der Waals surface area contributed by atoms with Crippen LogP contribution >= 0.6 is 7.14 Å². The van der Waals surface area contributed by atoms with Crippen molar-refractivity contribution in [2.24, 2.45) is 0 Å². The molecule has 0 aromatic heterocycles. The fraction of sp³-hybridized carbons (Fsp3) is 0.400. The van der Waals surface area contributed by atoms with Crippen molar-refractivity contribution >= 4 is 20.0 Å². The van der Waals surface area contributed by atoms with Gasteiger partial charge in [-0.15, -0.1) is 7.14 Å². The zero-order chi connectivity index (χ0) is 8.44. The minimum Gasteiger partial charge on any atom is -0.125 e. The number of benzene rings is 1. The zero-order valence-corrected chi connectivity index (χ0v) is 7.56. The summed E-state index contributed by atoms with van der Waals surface area (Å²) in [5.74, 6) is 0. The fourth-order valence-corrected chi connectivity index (χ4v) is 4.16. The van der Waals surface area contributed by atoms with E-state index >= 15 is 0 Å². The summed E-state index contributed by atoms with van der Waals surface area (Å²) >= 11 is 0. The van der Waals surface area contributed by atoms with Gasteiger partial charge in [-0.25, -0.2) is 0 Å². The Hall–Kier alpha value is -0.285. The second-order valence-electron chi connectivity index (χ2n) is 3.03. The number of hydrogen-bond acceptors (Lipinski definition) is 0. The van der Waals surface area contributed by atoms with Gasteiger partial charge in [-0.2, -0.15) is 0 Å². The van der Waals surface area contributed by atoms with Gasteiger partial charge in [0.25, 0.3) is 0 Å². The molecule has 1 aliphatic rings. The van der Waals surface area contributed by atoms with Gasteiger partial charge in [0.1, 0.15) is 7.57 Å². The van der Waals surface area contributed by atoms with E-state index in [9.17, 15) is 0 Å². The molecule has 12 heavy (non-hydrogen) atoms. The Morgan fingerprint density at radius 1 is 1.00 bits per heavy atom. The van der Waals surface area contributed by atoms with Crippen LogP contribution in [0.4, 0.5) is 0 Å². The molecule has 1 aromatic rings. The lowest BCUT2D eigenvalue weighted by Gasteiger charge is -2.23. The maximum Gasteiger partial charge on any atom is 0.132 e. The van der Waals surface area contributed by atoms with Gasteiger partial charge >= 0.3 is 0 Å². The van der Waals surface area contributed by atoms with Crippen molar-refractivity contribution in [3.8, 4) is 0 Å². The smallest absolute Gasteiger partial charge is 0.125 e. The molecule has 0 amide bonds. The standard InChI is InChI=1S/C10H16BP/c11-12(8-4-5-9-12)10-6-2-1-3-7-10/h1-3,6-7H,4-5,8-9H2,11H3. The lowest BCUT2D eigenvalue weighted by molar-refractivity contribution is 0.949. The van der Waals surface area contributed by atoms with Crippen molar-refractivity contribution in [2.75, 3.05) is 12.3 Å². The van der Waals surface area contributed by atoms with Crippen LogP contribution in [0.2, 0.25) is 0 Å². The first-order valence-corrected chi connectivity index (χ1v) is 5.98. The molecule has 0 unspecified atom stereocenters. The fourth-order valence-electron chi connectivity index (χ4n) is 1.61. The summed E-state index contributed by atoms with van der Waals surface area (Å²) in [6.07, 6.45) is 6.23. The Morgan fingerprint density at radius 3 is 2.17 bits per heavy atom. The quantitative estimate of drug-likeness (QED) is 0.450. The molecule has 0 aliphatic carbocycles. The van der Waals surface area contributed by atoms with E-state index in [1.54, 1.807) is 17.6 Å². The predicted octanol–water partition coefficient (Wildman–Crippen LogP) is 1.40. The van der Waals surface area contributed by atoms with Crippen molar-refractivity contribution in [3.63, 3.8) is 0 Å². The van der Waals surface area contributed by atoms with Crippen LogP contribution in [0.1, 0.15) is 12.8 Å². The topological polar surface area (TPSA) is 0 Å². The van der Waals surface area contributed by atoms with Gasteiger partial charge < -0.3 is 0 Å². The largest absolute Gasteiger partial charge is 0.132 e. The molecule has 0 nitrogen and oxygen atoms in total. The molecule has 1 saturated heterocycles. The summed E-state index contributed by atoms with van der Waals surface area (Å²) in [4.78, 5) is 0. The van der Waals surface area contributed by atoms with E-state index < -0.39 is 7.14 Å². The zero-order valence-electron chi connectivity index (χ0n) is 6.66. The van der Waals surface area contributed by atoms with Gasteiger partial charge in [0, 0.05) is 17.6 Å². The molecule has 0 atom stereocenters. The maximum absolute atomic E-state index is 2.38. The van der Waals surface area contributed by atoms with Crippen LogP contribution in [0.5, 0.6) is 0 Å². The third-order valence-corrected chi connectivity index (χ3v) is 4.97. The van der Waals surface area contributed by atoms with E-state index in [0.29, 0.717) is 7.57 Å². The van der Waals surface area contributed by atoms with E-state index in [-0.39, 0.29) is 0 Å². The van der Waals surface area contributed by atoms with E-state index in [4.69, 9.17) is 0 Å². The molecule has 0 spiro atoms. The third kappa shape index (κ3) is 1.43. The average molecular weight is 178 g/mol. The van der Waals surface area contributed by atoms with Crippen LogP contribution in [-0.4, -0.2) is 19.9 Å². The Bertz CT molecular complexity index is 252. The first kappa shape index (κ1) is 8.32. The number of rotatable bonds is 1. The highest BCUT2D eigenvalue weighted by atomic mass is 31.2. The van der Waals surface area contributed by atoms with Gasteiger partial charge in [0.2, 0.25) is 0 Å². The molecule has 2 heteroatoms. The highest BCUT2D eigenvalue weighted by Crippen LogP contribution is 2.57. The Morgan fingerprint density at radius 2 is 1.58 bits per heavy atom. The molecule has 0 bridgehead atoms. The van der Waals surface area contributed by atoms with Crippen LogP contribution in [0.15, 0.2) is 30.3 Å². The molecule has 1 aliphatic heterocycles. The normalized spacial score (nSPS) is 21.1. The Balaban J connectivity index is 2.29. The first-order valence-electron chi connectivity index (χ1n) is 4.27. The number of hydrogen-bond donors (Lipinski definition) is 0. The van der Waals surface area contributed by atoms with Crippen molar-refractivity contribution in [2.45, 2.75) is 12.8 Å². The summed E-state index contributed by atoms with van der Waals surface area (Å²) in [5.41, 5.74) is 0. The summed E-state index contributed by atoms with van der Waals surface area (Å²) in [6.45, 7) is 0. The minimum atomic E-state index is -0.422. The third-order valence-electron chi connectivity index (χ3n) is 2.23. The molecule has 2 rings (SSSR count). The lowest BCUT2D eigenvalue weighted by Crippen LogP contribution is -2.12. The van der Waals surface area contributed by atoms with Crippen LogP contribution in [0, 0.1) is 0 Å². The molecule has 1 fully saturated rings. The van der Waals surface area contributed by atoms with E-state index in [1.807, 2.05) is 0 Å². The van der Waals surface area contributed by atoms with Crippen LogP contribution in [-0.2, 0) is 0 Å². The summed E-state index contributed by atoms with van der Waals surface area (Å²) in [6, 6.07) is 11.3. The molecule has 64 valence electrons. The molecule has 0 saturated carbocycles. The summed E-state index contributed by atoms with van der Waals surface area (Å²) in [5, 5.41) is 1.75. The highest BCUT2D eigenvalue weighted by Gasteiger charge is 2.30. The van der Waals surface area contributed by atoms with Crippen molar-refractivity contribution in [1.82, 2.24) is 0 Å². The molecule has 1 heterocycles. The minimum absolute atomic E-state index is 0.422. The Labute approximate surface area is 76.1 Å². The molecule has 1 aromatic carbocycles. The van der Waals surface area contributed by atoms with Gasteiger partial charge in [0.15, 0.2) is 0 Å². The van der Waals surface area contributed by atoms with E-state index in [2.05, 4.69) is 30.3 Å². The highest BCUT2D eigenvalue weighted by molar-refractivity contribution is 8.03. The molecule has 0 radical (unpaired) electrons. The van der Waals surface area contributed by atoms with E-state index in [1.165, 1.54) is 12.8 Å². The first-order chi connectivity index (χ1) is 5.81. The van der Waals surface area contributed by atoms with Crippen molar-refractivity contribution < 1.29 is 0 Å². The van der Waals surface area contributed by atoms with Crippen LogP contribution in [0.3, 0.4) is 0 Å². The van der Waals surface area contributed by atoms with Crippen molar-refractivity contribution in [3.05, 3.63) is 30.3 Å². The van der Waals surface area contributed by atoms with Crippen LogP contribution in [0.25, 0.3) is 0 Å². The van der Waals surface area contributed by atoms with Gasteiger partial charge in [0.05, 0.1) is 0 Å². The lowest BCUT2D eigenvalue weighted by atomic mass is 10.4. The molecular weight excluding hydrogens is 162 g/mol. The Kier molecular flexibility index (Phi) is 2.23. The van der Waals surface area contributed by atoms with Gasteiger partial charge in [-0.05, 0) is 25.0 Å². The predicted molar refractivity (Wildman–Crippen MR) is 61.9 cm³/mol. The van der Waals surface area contributed by atoms with Crippen molar-refractivity contribution in [1.29, 1.82) is 0 Å². The maximum atomic E-state index is 2.38.